The molecule has 0 unspecified atom stereocenters. The Morgan fingerprint density at radius 2 is 1.78 bits per heavy atom. The van der Waals surface area contributed by atoms with Gasteiger partial charge in [0.05, 0.1) is 30.3 Å². The van der Waals surface area contributed by atoms with Gasteiger partial charge in [-0.05, 0) is 56.2 Å². The summed E-state index contributed by atoms with van der Waals surface area (Å²) in [4.78, 5) is 9.00. The molecule has 32 heavy (non-hydrogen) atoms. The fourth-order valence-corrected chi connectivity index (χ4v) is 3.55. The maximum atomic E-state index is 13.2. The number of rotatable bonds is 7. The van der Waals surface area contributed by atoms with Gasteiger partial charge in [-0.1, -0.05) is 0 Å². The summed E-state index contributed by atoms with van der Waals surface area (Å²) >= 11 is 0. The van der Waals surface area contributed by atoms with Crippen LogP contribution in [0.5, 0.6) is 5.75 Å². The van der Waals surface area contributed by atoms with Crippen LogP contribution in [0.15, 0.2) is 30.3 Å². The van der Waals surface area contributed by atoms with E-state index in [2.05, 4.69) is 15.3 Å². The second-order valence-electron chi connectivity index (χ2n) is 7.80. The van der Waals surface area contributed by atoms with Crippen LogP contribution < -0.4 is 15.8 Å². The fourth-order valence-electron chi connectivity index (χ4n) is 3.55. The highest BCUT2D eigenvalue weighted by molar-refractivity contribution is 5.91. The molecule has 2 aromatic carbocycles. The highest BCUT2D eigenvalue weighted by atomic mass is 19.4. The summed E-state index contributed by atoms with van der Waals surface area (Å²) in [6.45, 7) is 5.47. The lowest BCUT2D eigenvalue weighted by Crippen LogP contribution is -2.13. The molecule has 0 radical (unpaired) electrons. The van der Waals surface area contributed by atoms with E-state index in [1.807, 2.05) is 19.1 Å². The number of nitrogens with two attached hydrogens (primary N) is 1. The maximum absolute atomic E-state index is 13.2. The monoisotopic (exact) mass is 448 g/mol. The molecule has 0 amide bonds. The van der Waals surface area contributed by atoms with Crippen molar-refractivity contribution in [2.75, 3.05) is 25.3 Å². The van der Waals surface area contributed by atoms with E-state index in [0.29, 0.717) is 34.9 Å². The smallest absolute Gasteiger partial charge is 0.416 e. The second-order valence-corrected chi connectivity index (χ2v) is 7.80. The van der Waals surface area contributed by atoms with Gasteiger partial charge in [-0.25, -0.2) is 9.97 Å². The summed E-state index contributed by atoms with van der Waals surface area (Å²) in [6.07, 6.45) is -3.90. The van der Waals surface area contributed by atoms with Gasteiger partial charge in [0.1, 0.15) is 17.4 Å². The van der Waals surface area contributed by atoms with Crippen molar-refractivity contribution in [2.24, 2.45) is 0 Å². The van der Waals surface area contributed by atoms with E-state index in [1.54, 1.807) is 28.1 Å². The third kappa shape index (κ3) is 5.21. The number of fused-ring (bicyclic) bond motifs is 1. The van der Waals surface area contributed by atoms with Gasteiger partial charge in [0.25, 0.3) is 0 Å². The van der Waals surface area contributed by atoms with E-state index in [0.717, 1.165) is 23.1 Å². The first-order chi connectivity index (χ1) is 15.0. The fraction of sp³-hybridized carbons (Fsp3) is 0.391. The Labute approximate surface area is 185 Å². The molecule has 0 saturated heterocycles. The minimum atomic E-state index is -4.48. The van der Waals surface area contributed by atoms with Crippen molar-refractivity contribution < 1.29 is 22.6 Å². The van der Waals surface area contributed by atoms with Gasteiger partial charge >= 0.3 is 6.18 Å². The van der Waals surface area contributed by atoms with Crippen LogP contribution in [0.25, 0.3) is 10.9 Å². The first-order valence-corrected chi connectivity index (χ1v) is 10.1. The molecule has 0 spiro atoms. The number of hydrogen-bond acceptors (Lipinski definition) is 6. The van der Waals surface area contributed by atoms with Gasteiger partial charge in [0.15, 0.2) is 0 Å². The van der Waals surface area contributed by atoms with Crippen LogP contribution in [-0.4, -0.2) is 30.3 Å². The SMILES string of the molecule is COc1cc2nc(C)nc(N[C@H](C)c3cc(N)cc(C(F)(F)F)c3)c2cc1C[C@@H](C)OC. The quantitative estimate of drug-likeness (QED) is 0.478. The molecule has 172 valence electrons. The Bertz CT molecular complexity index is 1120. The molecule has 6 nitrogen and oxygen atoms in total. The molecule has 9 heteroatoms. The normalized spacial score (nSPS) is 13.8. The largest absolute Gasteiger partial charge is 0.496 e. The van der Waals surface area contributed by atoms with Crippen LogP contribution in [0, 0.1) is 6.92 Å². The summed E-state index contributed by atoms with van der Waals surface area (Å²) in [5.41, 5.74) is 6.99. The van der Waals surface area contributed by atoms with E-state index >= 15 is 0 Å². The Balaban J connectivity index is 2.05. The Morgan fingerprint density at radius 3 is 2.41 bits per heavy atom. The van der Waals surface area contributed by atoms with Crippen molar-refractivity contribution in [3.05, 3.63) is 52.8 Å². The predicted octanol–water partition coefficient (Wildman–Crippen LogP) is 5.30. The number of methoxy groups -OCH3 is 2. The molecular weight excluding hydrogens is 421 g/mol. The van der Waals surface area contributed by atoms with Gasteiger partial charge < -0.3 is 20.5 Å². The summed E-state index contributed by atoms with van der Waals surface area (Å²) in [5, 5.41) is 3.97. The third-order valence-electron chi connectivity index (χ3n) is 5.28. The predicted molar refractivity (Wildman–Crippen MR) is 119 cm³/mol. The Hall–Kier alpha value is -3.07. The molecule has 1 heterocycles. The van der Waals surface area contributed by atoms with Crippen LogP contribution >= 0.6 is 0 Å². The molecule has 0 aliphatic carbocycles. The lowest BCUT2D eigenvalue weighted by molar-refractivity contribution is -0.137. The lowest BCUT2D eigenvalue weighted by Gasteiger charge is -2.20. The number of hydrogen-bond donors (Lipinski definition) is 2. The second kappa shape index (κ2) is 9.20. The lowest BCUT2D eigenvalue weighted by atomic mass is 10.0. The number of alkyl halides is 3. The topological polar surface area (TPSA) is 82.3 Å². The first-order valence-electron chi connectivity index (χ1n) is 10.1. The minimum absolute atomic E-state index is 0.0314. The molecule has 0 fully saturated rings. The van der Waals surface area contributed by atoms with Crippen molar-refractivity contribution >= 4 is 22.4 Å². The summed E-state index contributed by atoms with van der Waals surface area (Å²) in [7, 11) is 3.23. The van der Waals surface area contributed by atoms with E-state index in [9.17, 15) is 13.2 Å². The molecule has 3 rings (SSSR count). The molecule has 0 saturated carbocycles. The Morgan fingerprint density at radius 1 is 1.06 bits per heavy atom. The van der Waals surface area contributed by atoms with Crippen LogP contribution in [0.1, 0.15) is 42.4 Å². The molecule has 1 aromatic heterocycles. The molecule has 2 atom stereocenters. The van der Waals surface area contributed by atoms with Gasteiger partial charge in [-0.3, -0.25) is 0 Å². The average Bonchev–Trinajstić information content (AvgIpc) is 2.72. The number of nitrogens with zero attached hydrogens (tertiary/aromatic N) is 2. The number of nitrogen functional groups attached to an aromatic ring is 1. The number of ether oxygens (including phenoxy) is 2. The van der Waals surface area contributed by atoms with E-state index in [1.165, 1.54) is 6.07 Å². The van der Waals surface area contributed by atoms with Gasteiger partial charge in [-0.15, -0.1) is 0 Å². The number of aromatic nitrogens is 2. The molecule has 0 bridgehead atoms. The van der Waals surface area contributed by atoms with Crippen molar-refractivity contribution in [1.29, 1.82) is 0 Å². The summed E-state index contributed by atoms with van der Waals surface area (Å²) in [6, 6.07) is 6.83. The van der Waals surface area contributed by atoms with Crippen molar-refractivity contribution in [3.63, 3.8) is 0 Å². The minimum Gasteiger partial charge on any atom is -0.496 e. The van der Waals surface area contributed by atoms with Crippen LogP contribution in [-0.2, 0) is 17.3 Å². The summed E-state index contributed by atoms with van der Waals surface area (Å²) in [5.74, 6) is 1.73. The highest BCUT2D eigenvalue weighted by Gasteiger charge is 2.31. The number of anilines is 2. The van der Waals surface area contributed by atoms with Crippen molar-refractivity contribution in [2.45, 2.75) is 45.5 Å². The average molecular weight is 448 g/mol. The standard InChI is InChI=1S/C23H27F3N4O2/c1-12(31-4)6-16-9-19-20(11-21(16)32-5)29-14(3)30-22(19)28-13(2)15-7-17(23(24,25)26)10-18(27)8-15/h7-13H,6,27H2,1-5H3,(H,28,29,30)/t12-,13-/m1/s1. The molecule has 3 N–H and O–H groups in total. The highest BCUT2D eigenvalue weighted by Crippen LogP contribution is 2.35. The van der Waals surface area contributed by atoms with E-state index < -0.39 is 17.8 Å². The van der Waals surface area contributed by atoms with Crippen LogP contribution in [0.4, 0.5) is 24.7 Å². The zero-order chi connectivity index (χ0) is 23.6. The molecule has 0 aliphatic rings. The Kier molecular flexibility index (Phi) is 6.78. The van der Waals surface area contributed by atoms with E-state index in [4.69, 9.17) is 15.2 Å². The number of benzene rings is 2. The number of halogens is 3. The summed E-state index contributed by atoms with van der Waals surface area (Å²) < 4.78 is 50.6. The van der Waals surface area contributed by atoms with Crippen molar-refractivity contribution in [1.82, 2.24) is 9.97 Å². The number of nitrogens with one attached hydrogen (secondary N) is 1. The maximum Gasteiger partial charge on any atom is 0.416 e. The third-order valence-corrected chi connectivity index (χ3v) is 5.28. The van der Waals surface area contributed by atoms with Crippen molar-refractivity contribution in [3.8, 4) is 5.75 Å². The van der Waals surface area contributed by atoms with E-state index in [-0.39, 0.29) is 11.8 Å². The van der Waals surface area contributed by atoms with Crippen LogP contribution in [0.2, 0.25) is 0 Å². The zero-order valence-electron chi connectivity index (χ0n) is 18.7. The van der Waals surface area contributed by atoms with Gasteiger partial charge in [0.2, 0.25) is 0 Å². The molecule has 0 aliphatic heterocycles. The molecular formula is C23H27F3N4O2. The van der Waals surface area contributed by atoms with Crippen LogP contribution in [0.3, 0.4) is 0 Å². The zero-order valence-corrected chi connectivity index (χ0v) is 18.7. The van der Waals surface area contributed by atoms with Gasteiger partial charge in [0, 0.05) is 30.7 Å². The van der Waals surface area contributed by atoms with Gasteiger partial charge in [-0.2, -0.15) is 13.2 Å². The first kappa shape index (κ1) is 23.6. The number of aryl methyl sites for hydroxylation is 1. The molecule has 3 aromatic rings.